The fourth-order valence-corrected chi connectivity index (χ4v) is 3.31. The van der Waals surface area contributed by atoms with E-state index in [4.69, 9.17) is 4.98 Å². The third-order valence-corrected chi connectivity index (χ3v) is 4.51. The van der Waals surface area contributed by atoms with Crippen molar-refractivity contribution in [1.82, 2.24) is 9.55 Å². The lowest BCUT2D eigenvalue weighted by Gasteiger charge is -2.15. The molecule has 0 aliphatic carbocycles. The minimum atomic E-state index is 0.255. The SMILES string of the molecule is C=CCn1c([C@H](C)c2ccc(CC(C)C)cc2)nc2ccccc21. The summed E-state index contributed by atoms with van der Waals surface area (Å²) in [5, 5.41) is 0. The van der Waals surface area contributed by atoms with Crippen LogP contribution in [0.15, 0.2) is 61.2 Å². The Morgan fingerprint density at radius 1 is 1.04 bits per heavy atom. The predicted octanol–water partition coefficient (Wildman–Crippen LogP) is 5.57. The molecule has 2 nitrogen and oxygen atoms in total. The van der Waals surface area contributed by atoms with E-state index in [0.29, 0.717) is 5.92 Å². The molecule has 0 bridgehead atoms. The molecule has 0 amide bonds. The molecule has 2 heteroatoms. The summed E-state index contributed by atoms with van der Waals surface area (Å²) >= 11 is 0. The Hall–Kier alpha value is -2.35. The van der Waals surface area contributed by atoms with Crippen molar-refractivity contribution in [2.45, 2.75) is 39.7 Å². The molecule has 24 heavy (non-hydrogen) atoms. The summed E-state index contributed by atoms with van der Waals surface area (Å²) in [7, 11) is 0. The van der Waals surface area contributed by atoms with Crippen LogP contribution in [-0.4, -0.2) is 9.55 Å². The first-order chi connectivity index (χ1) is 11.6. The molecule has 124 valence electrons. The minimum Gasteiger partial charge on any atom is -0.324 e. The first kappa shape index (κ1) is 16.5. The molecule has 0 fully saturated rings. The maximum Gasteiger partial charge on any atom is 0.117 e. The Morgan fingerprint density at radius 3 is 2.42 bits per heavy atom. The third kappa shape index (κ3) is 3.28. The van der Waals surface area contributed by atoms with Crippen molar-refractivity contribution in [3.8, 4) is 0 Å². The average molecular weight is 318 g/mol. The topological polar surface area (TPSA) is 17.8 Å². The lowest BCUT2D eigenvalue weighted by Crippen LogP contribution is -2.07. The number of allylic oxidation sites excluding steroid dienone is 1. The fourth-order valence-electron chi connectivity index (χ4n) is 3.31. The smallest absolute Gasteiger partial charge is 0.117 e. The summed E-state index contributed by atoms with van der Waals surface area (Å²) in [4.78, 5) is 4.89. The molecular weight excluding hydrogens is 292 g/mol. The van der Waals surface area contributed by atoms with E-state index in [0.717, 1.165) is 24.3 Å². The zero-order valence-electron chi connectivity index (χ0n) is 14.9. The largest absolute Gasteiger partial charge is 0.324 e. The summed E-state index contributed by atoms with van der Waals surface area (Å²) < 4.78 is 2.27. The second-order valence-electron chi connectivity index (χ2n) is 6.92. The molecule has 0 spiro atoms. The van der Waals surface area contributed by atoms with Crippen LogP contribution in [0.2, 0.25) is 0 Å². The minimum absolute atomic E-state index is 0.255. The summed E-state index contributed by atoms with van der Waals surface area (Å²) in [6.45, 7) is 11.4. The number of aromatic nitrogens is 2. The maximum absolute atomic E-state index is 4.89. The van der Waals surface area contributed by atoms with Crippen LogP contribution in [0.3, 0.4) is 0 Å². The monoisotopic (exact) mass is 318 g/mol. The Bertz CT molecular complexity index is 825. The van der Waals surface area contributed by atoms with Crippen molar-refractivity contribution in [2.75, 3.05) is 0 Å². The van der Waals surface area contributed by atoms with Crippen molar-refractivity contribution in [2.24, 2.45) is 5.92 Å². The molecule has 0 aliphatic heterocycles. The molecule has 0 saturated heterocycles. The van der Waals surface area contributed by atoms with Crippen molar-refractivity contribution in [3.05, 3.63) is 78.1 Å². The van der Waals surface area contributed by atoms with Crippen LogP contribution in [0.1, 0.15) is 43.6 Å². The van der Waals surface area contributed by atoms with E-state index in [-0.39, 0.29) is 5.92 Å². The normalized spacial score (nSPS) is 12.7. The number of hydrogen-bond donors (Lipinski definition) is 0. The molecule has 1 heterocycles. The summed E-state index contributed by atoms with van der Waals surface area (Å²) in [6.07, 6.45) is 3.07. The van der Waals surface area contributed by atoms with Crippen LogP contribution < -0.4 is 0 Å². The van der Waals surface area contributed by atoms with Crippen LogP contribution in [0.5, 0.6) is 0 Å². The van der Waals surface area contributed by atoms with Gasteiger partial charge >= 0.3 is 0 Å². The number of hydrogen-bond acceptors (Lipinski definition) is 1. The van der Waals surface area contributed by atoms with E-state index in [2.05, 4.69) is 74.4 Å². The highest BCUT2D eigenvalue weighted by atomic mass is 15.1. The van der Waals surface area contributed by atoms with Gasteiger partial charge in [0.2, 0.25) is 0 Å². The Balaban J connectivity index is 1.97. The van der Waals surface area contributed by atoms with E-state index in [1.807, 2.05) is 12.1 Å². The highest BCUT2D eigenvalue weighted by Gasteiger charge is 2.17. The van der Waals surface area contributed by atoms with Gasteiger partial charge in [-0.25, -0.2) is 4.98 Å². The van der Waals surface area contributed by atoms with E-state index in [1.54, 1.807) is 0 Å². The van der Waals surface area contributed by atoms with Crippen molar-refractivity contribution in [1.29, 1.82) is 0 Å². The first-order valence-corrected chi connectivity index (χ1v) is 8.75. The lowest BCUT2D eigenvalue weighted by atomic mass is 9.96. The predicted molar refractivity (Wildman–Crippen MR) is 102 cm³/mol. The van der Waals surface area contributed by atoms with Gasteiger partial charge in [0, 0.05) is 12.5 Å². The van der Waals surface area contributed by atoms with Crippen molar-refractivity contribution >= 4 is 11.0 Å². The van der Waals surface area contributed by atoms with E-state index in [9.17, 15) is 0 Å². The van der Waals surface area contributed by atoms with Crippen LogP contribution in [0.4, 0.5) is 0 Å². The number of nitrogens with zero attached hydrogens (tertiary/aromatic N) is 2. The highest BCUT2D eigenvalue weighted by Crippen LogP contribution is 2.28. The molecule has 1 atom stereocenters. The Morgan fingerprint density at radius 2 is 1.75 bits per heavy atom. The van der Waals surface area contributed by atoms with E-state index >= 15 is 0 Å². The van der Waals surface area contributed by atoms with Crippen LogP contribution in [-0.2, 0) is 13.0 Å². The second-order valence-corrected chi connectivity index (χ2v) is 6.92. The quantitative estimate of drug-likeness (QED) is 0.543. The van der Waals surface area contributed by atoms with Gasteiger partial charge in [-0.1, -0.05) is 63.2 Å². The van der Waals surface area contributed by atoms with Gasteiger partial charge in [-0.05, 0) is 35.6 Å². The standard InChI is InChI=1S/C22H26N2/c1-5-14-24-21-9-7-6-8-20(21)23-22(24)17(4)19-12-10-18(11-13-19)15-16(2)3/h5-13,16-17H,1,14-15H2,2-4H3/t17-/m1/s1. The zero-order chi connectivity index (χ0) is 17.1. The molecular formula is C22H26N2. The molecule has 0 aliphatic rings. The van der Waals surface area contributed by atoms with E-state index < -0.39 is 0 Å². The average Bonchev–Trinajstić information content (AvgIpc) is 2.94. The molecule has 0 unspecified atom stereocenters. The van der Waals surface area contributed by atoms with Crippen LogP contribution in [0, 0.1) is 5.92 Å². The van der Waals surface area contributed by atoms with Crippen LogP contribution in [0.25, 0.3) is 11.0 Å². The van der Waals surface area contributed by atoms with Crippen LogP contribution >= 0.6 is 0 Å². The molecule has 0 N–H and O–H groups in total. The number of rotatable bonds is 6. The van der Waals surface area contributed by atoms with Gasteiger partial charge in [-0.2, -0.15) is 0 Å². The number of fused-ring (bicyclic) bond motifs is 1. The van der Waals surface area contributed by atoms with Gasteiger partial charge in [0.15, 0.2) is 0 Å². The number of benzene rings is 2. The summed E-state index contributed by atoms with van der Waals surface area (Å²) in [5.41, 5.74) is 4.94. The Kier molecular flexibility index (Phi) is 4.84. The summed E-state index contributed by atoms with van der Waals surface area (Å²) in [6, 6.07) is 17.3. The summed E-state index contributed by atoms with van der Waals surface area (Å²) in [5.74, 6) is 2.04. The fraction of sp³-hybridized carbons (Fsp3) is 0.318. The maximum atomic E-state index is 4.89. The molecule has 1 aromatic heterocycles. The van der Waals surface area contributed by atoms with Crippen molar-refractivity contribution < 1.29 is 0 Å². The van der Waals surface area contributed by atoms with Gasteiger partial charge in [0.25, 0.3) is 0 Å². The molecule has 3 aromatic rings. The second kappa shape index (κ2) is 7.04. The molecule has 2 aromatic carbocycles. The Labute approximate surface area is 144 Å². The molecule has 0 radical (unpaired) electrons. The number of para-hydroxylation sites is 2. The molecule has 0 saturated carbocycles. The third-order valence-electron chi connectivity index (χ3n) is 4.51. The number of imidazole rings is 1. The van der Waals surface area contributed by atoms with Gasteiger partial charge in [0.05, 0.1) is 11.0 Å². The van der Waals surface area contributed by atoms with Gasteiger partial charge in [-0.3, -0.25) is 0 Å². The van der Waals surface area contributed by atoms with E-state index in [1.165, 1.54) is 16.6 Å². The van der Waals surface area contributed by atoms with Gasteiger partial charge in [-0.15, -0.1) is 6.58 Å². The zero-order valence-corrected chi connectivity index (χ0v) is 14.9. The highest BCUT2D eigenvalue weighted by molar-refractivity contribution is 5.76. The van der Waals surface area contributed by atoms with Gasteiger partial charge in [0.1, 0.15) is 5.82 Å². The first-order valence-electron chi connectivity index (χ1n) is 8.75. The molecule has 3 rings (SSSR count). The van der Waals surface area contributed by atoms with Gasteiger partial charge < -0.3 is 4.57 Å². The van der Waals surface area contributed by atoms with Crippen molar-refractivity contribution in [3.63, 3.8) is 0 Å². The lowest BCUT2D eigenvalue weighted by molar-refractivity contribution is 0.646.